The molecule has 0 unspecified atom stereocenters. The van der Waals surface area contributed by atoms with Gasteiger partial charge in [0.15, 0.2) is 0 Å². The number of alkyl halides is 3. The molecule has 0 N–H and O–H groups in total. The summed E-state index contributed by atoms with van der Waals surface area (Å²) in [5, 5.41) is 0.280. The van der Waals surface area contributed by atoms with Crippen molar-refractivity contribution >= 4 is 38.6 Å². The zero-order valence-electron chi connectivity index (χ0n) is 20.6. The largest absolute Gasteiger partial charge is 0.406 e. The van der Waals surface area contributed by atoms with E-state index in [1.165, 1.54) is 28.8 Å². The molecule has 0 aliphatic carbocycles. The Labute approximate surface area is 226 Å². The molecule has 0 bridgehead atoms. The molecule has 210 valence electrons. The Morgan fingerprint density at radius 2 is 1.64 bits per heavy atom. The molecular weight excluding hydrogens is 564 g/mol. The second-order valence-electron chi connectivity index (χ2n) is 9.79. The SMILES string of the molecule is O=C1c2cc(Cl)ccc2S(=O)(=O)N1CCCCN1CCC(n2c(=O)n(CC(F)(F)F)c3cc(F)ccc32)CC1. The van der Waals surface area contributed by atoms with E-state index >= 15 is 0 Å². The van der Waals surface area contributed by atoms with E-state index < -0.39 is 40.2 Å². The Bertz CT molecular complexity index is 1590. The van der Waals surface area contributed by atoms with E-state index in [1.807, 2.05) is 0 Å². The molecule has 0 radical (unpaired) electrons. The normalized spacial score (nSPS) is 18.3. The average molecular weight is 589 g/mol. The molecule has 2 aromatic carbocycles. The van der Waals surface area contributed by atoms with Crippen LogP contribution < -0.4 is 5.69 Å². The van der Waals surface area contributed by atoms with Crippen molar-refractivity contribution in [2.24, 2.45) is 0 Å². The molecule has 8 nitrogen and oxygen atoms in total. The number of benzene rings is 2. The van der Waals surface area contributed by atoms with Crippen LogP contribution in [0.2, 0.25) is 5.02 Å². The summed E-state index contributed by atoms with van der Waals surface area (Å²) >= 11 is 5.91. The molecule has 1 saturated heterocycles. The molecule has 3 heterocycles. The Kier molecular flexibility index (Phi) is 7.27. The Morgan fingerprint density at radius 1 is 0.949 bits per heavy atom. The smallest absolute Gasteiger partial charge is 0.303 e. The van der Waals surface area contributed by atoms with Gasteiger partial charge in [-0.15, -0.1) is 0 Å². The predicted octanol–water partition coefficient (Wildman–Crippen LogP) is 4.42. The molecule has 5 rings (SSSR count). The lowest BCUT2D eigenvalue weighted by atomic mass is 10.0. The number of rotatable bonds is 7. The van der Waals surface area contributed by atoms with Crippen LogP contribution in [0, 0.1) is 5.82 Å². The molecule has 3 aromatic rings. The molecule has 1 amide bonds. The molecule has 2 aliphatic rings. The van der Waals surface area contributed by atoms with Crippen molar-refractivity contribution in [1.29, 1.82) is 0 Å². The molecule has 1 aromatic heterocycles. The quantitative estimate of drug-likeness (QED) is 0.301. The third-order valence-corrected chi connectivity index (χ3v) is 9.31. The minimum Gasteiger partial charge on any atom is -0.303 e. The van der Waals surface area contributed by atoms with Crippen LogP contribution >= 0.6 is 11.6 Å². The second kappa shape index (κ2) is 10.3. The first kappa shape index (κ1) is 27.7. The van der Waals surface area contributed by atoms with Crippen LogP contribution in [0.15, 0.2) is 46.1 Å². The number of hydrogen-bond acceptors (Lipinski definition) is 5. The molecular formula is C25H25ClF4N4O4S. The summed E-state index contributed by atoms with van der Waals surface area (Å²) in [6.07, 6.45) is -2.55. The van der Waals surface area contributed by atoms with Crippen molar-refractivity contribution < 1.29 is 30.8 Å². The topological polar surface area (TPSA) is 84.6 Å². The van der Waals surface area contributed by atoms with Gasteiger partial charge < -0.3 is 4.90 Å². The highest BCUT2D eigenvalue weighted by atomic mass is 35.5. The van der Waals surface area contributed by atoms with Crippen LogP contribution in [0.1, 0.15) is 42.1 Å². The maximum Gasteiger partial charge on any atom is 0.406 e. The number of piperidine rings is 1. The fourth-order valence-electron chi connectivity index (χ4n) is 5.41. The standard InChI is InChI=1S/C25H25ClF4N4O4S/c26-16-3-6-22-19(13-16)23(35)33(39(22,37)38)10-2-1-9-31-11-7-18(8-12-31)34-20-5-4-17(27)14-21(20)32(24(34)36)15-25(28,29)30/h3-6,13-14,18H,1-2,7-12,15H2. The van der Waals surface area contributed by atoms with Gasteiger partial charge in [0.1, 0.15) is 17.3 Å². The fraction of sp³-hybridized carbons (Fsp3) is 0.440. The third-order valence-electron chi connectivity index (χ3n) is 7.24. The lowest BCUT2D eigenvalue weighted by Crippen LogP contribution is -2.39. The first-order valence-electron chi connectivity index (χ1n) is 12.4. The number of unbranched alkanes of at least 4 members (excludes halogenated alkanes) is 1. The van der Waals surface area contributed by atoms with E-state index in [0.29, 0.717) is 49.9 Å². The Balaban J connectivity index is 1.19. The Hall–Kier alpha value is -2.90. The second-order valence-corrected chi connectivity index (χ2v) is 12.1. The summed E-state index contributed by atoms with van der Waals surface area (Å²) in [6.45, 7) is 0.327. The zero-order chi connectivity index (χ0) is 28.1. The maximum atomic E-state index is 13.8. The first-order valence-corrected chi connectivity index (χ1v) is 14.2. The number of amides is 1. The summed E-state index contributed by atoms with van der Waals surface area (Å²) < 4.78 is 81.4. The molecule has 39 heavy (non-hydrogen) atoms. The van der Waals surface area contributed by atoms with Gasteiger partial charge in [-0.2, -0.15) is 13.2 Å². The van der Waals surface area contributed by atoms with Gasteiger partial charge in [0, 0.05) is 30.7 Å². The monoisotopic (exact) mass is 588 g/mol. The van der Waals surface area contributed by atoms with Gasteiger partial charge in [-0.3, -0.25) is 13.9 Å². The first-order chi connectivity index (χ1) is 18.4. The van der Waals surface area contributed by atoms with Crippen LogP contribution in [0.25, 0.3) is 11.0 Å². The number of carbonyl (C=O) groups is 1. The van der Waals surface area contributed by atoms with E-state index in [9.17, 15) is 35.6 Å². The fourth-order valence-corrected chi connectivity index (χ4v) is 7.17. The van der Waals surface area contributed by atoms with Gasteiger partial charge in [0.25, 0.3) is 15.9 Å². The number of imidazole rings is 1. The number of halogens is 5. The number of nitrogens with zero attached hydrogens (tertiary/aromatic N) is 4. The summed E-state index contributed by atoms with van der Waals surface area (Å²) in [6, 6.07) is 7.19. The molecule has 0 atom stereocenters. The van der Waals surface area contributed by atoms with Crippen molar-refractivity contribution in [2.75, 3.05) is 26.2 Å². The van der Waals surface area contributed by atoms with Gasteiger partial charge in [0.2, 0.25) is 0 Å². The molecule has 14 heteroatoms. The molecule has 0 spiro atoms. The summed E-state index contributed by atoms with van der Waals surface area (Å²) in [5.41, 5.74) is -0.567. The van der Waals surface area contributed by atoms with E-state index in [1.54, 1.807) is 0 Å². The van der Waals surface area contributed by atoms with Crippen LogP contribution in [0.3, 0.4) is 0 Å². The van der Waals surface area contributed by atoms with Crippen molar-refractivity contribution in [3.05, 3.63) is 63.3 Å². The Morgan fingerprint density at radius 3 is 2.33 bits per heavy atom. The van der Waals surface area contributed by atoms with E-state index in [0.717, 1.165) is 16.4 Å². The van der Waals surface area contributed by atoms with Crippen molar-refractivity contribution in [1.82, 2.24) is 18.3 Å². The van der Waals surface area contributed by atoms with Gasteiger partial charge in [-0.1, -0.05) is 11.6 Å². The number of sulfonamides is 1. The van der Waals surface area contributed by atoms with E-state index in [4.69, 9.17) is 11.6 Å². The summed E-state index contributed by atoms with van der Waals surface area (Å²) in [7, 11) is -3.91. The van der Waals surface area contributed by atoms with Crippen LogP contribution in [-0.4, -0.2) is 65.0 Å². The molecule has 0 saturated carbocycles. The molecule has 2 aliphatic heterocycles. The van der Waals surface area contributed by atoms with Crippen LogP contribution in [-0.2, 0) is 16.6 Å². The highest BCUT2D eigenvalue weighted by molar-refractivity contribution is 7.90. The lowest BCUT2D eigenvalue weighted by molar-refractivity contribution is -0.140. The van der Waals surface area contributed by atoms with Gasteiger partial charge in [-0.05, 0) is 68.6 Å². The minimum absolute atomic E-state index is 0.0363. The van der Waals surface area contributed by atoms with Gasteiger partial charge in [0.05, 0.1) is 16.6 Å². The summed E-state index contributed by atoms with van der Waals surface area (Å²) in [5.74, 6) is -1.31. The van der Waals surface area contributed by atoms with Gasteiger partial charge in [-0.25, -0.2) is 21.9 Å². The minimum atomic E-state index is -4.63. The number of hydrogen-bond donors (Lipinski definition) is 0. The van der Waals surface area contributed by atoms with Crippen molar-refractivity contribution in [3.8, 4) is 0 Å². The lowest BCUT2D eigenvalue weighted by Gasteiger charge is -2.32. The highest BCUT2D eigenvalue weighted by Gasteiger charge is 2.40. The number of fused-ring (bicyclic) bond motifs is 2. The summed E-state index contributed by atoms with van der Waals surface area (Å²) in [4.78, 5) is 27.7. The molecule has 1 fully saturated rings. The predicted molar refractivity (Wildman–Crippen MR) is 136 cm³/mol. The highest BCUT2D eigenvalue weighted by Crippen LogP contribution is 2.33. The van der Waals surface area contributed by atoms with Crippen LogP contribution in [0.4, 0.5) is 17.6 Å². The van der Waals surface area contributed by atoms with Crippen molar-refractivity contribution in [3.63, 3.8) is 0 Å². The van der Waals surface area contributed by atoms with E-state index in [2.05, 4.69) is 4.90 Å². The number of aromatic nitrogens is 2. The average Bonchev–Trinajstić information content (AvgIpc) is 3.22. The maximum absolute atomic E-state index is 13.8. The number of likely N-dealkylation sites (tertiary alicyclic amines) is 1. The third kappa shape index (κ3) is 5.31. The van der Waals surface area contributed by atoms with Crippen molar-refractivity contribution in [2.45, 2.75) is 49.3 Å². The van der Waals surface area contributed by atoms with Crippen LogP contribution in [0.5, 0.6) is 0 Å². The van der Waals surface area contributed by atoms with E-state index in [-0.39, 0.29) is 39.1 Å². The number of carbonyl (C=O) groups excluding carboxylic acids is 1. The zero-order valence-corrected chi connectivity index (χ0v) is 22.2. The van der Waals surface area contributed by atoms with Gasteiger partial charge >= 0.3 is 11.9 Å².